The maximum absolute atomic E-state index is 12.4. The van der Waals surface area contributed by atoms with Gasteiger partial charge in [0.2, 0.25) is 0 Å². The third-order valence-corrected chi connectivity index (χ3v) is 3.56. The Hall–Kier alpha value is -2.50. The fourth-order valence-electron chi connectivity index (χ4n) is 2.42. The van der Waals surface area contributed by atoms with Crippen molar-refractivity contribution in [2.24, 2.45) is 0 Å². The lowest BCUT2D eigenvalue weighted by Gasteiger charge is -2.34. The van der Waals surface area contributed by atoms with Gasteiger partial charge in [-0.05, 0) is 31.2 Å². The van der Waals surface area contributed by atoms with Gasteiger partial charge in [0.25, 0.3) is 5.91 Å². The molecule has 3 heterocycles. The van der Waals surface area contributed by atoms with Crippen LogP contribution in [0.25, 0.3) is 0 Å². The monoisotopic (exact) mass is 283 g/mol. The van der Waals surface area contributed by atoms with Crippen molar-refractivity contribution in [2.75, 3.05) is 31.1 Å². The van der Waals surface area contributed by atoms with Crippen LogP contribution in [0.4, 0.5) is 5.82 Å². The molecule has 0 spiro atoms. The minimum Gasteiger partial charge on any atom is -0.352 e. The molecule has 0 atom stereocenters. The third kappa shape index (κ3) is 2.99. The van der Waals surface area contributed by atoms with Crippen LogP contribution < -0.4 is 4.90 Å². The molecule has 0 aromatic carbocycles. The molecule has 1 amide bonds. The van der Waals surface area contributed by atoms with Crippen LogP contribution in [-0.4, -0.2) is 52.2 Å². The first kappa shape index (κ1) is 13.5. The van der Waals surface area contributed by atoms with Gasteiger partial charge < -0.3 is 9.80 Å². The zero-order chi connectivity index (χ0) is 14.7. The highest BCUT2D eigenvalue weighted by atomic mass is 16.2. The SMILES string of the molecule is Cc1cccc(C(=O)N2CCN(c3cccnn3)CC2)n1. The molecule has 6 nitrogen and oxygen atoms in total. The molecule has 0 saturated carbocycles. The van der Waals surface area contributed by atoms with Gasteiger partial charge in [-0.1, -0.05) is 6.07 Å². The van der Waals surface area contributed by atoms with Crippen LogP contribution in [-0.2, 0) is 0 Å². The van der Waals surface area contributed by atoms with Crippen LogP contribution in [0.2, 0.25) is 0 Å². The summed E-state index contributed by atoms with van der Waals surface area (Å²) in [6, 6.07) is 9.33. The largest absolute Gasteiger partial charge is 0.352 e. The zero-order valence-electron chi connectivity index (χ0n) is 11.9. The number of amides is 1. The molecule has 0 bridgehead atoms. The first-order valence-corrected chi connectivity index (χ1v) is 6.99. The quantitative estimate of drug-likeness (QED) is 0.827. The van der Waals surface area contributed by atoms with Crippen molar-refractivity contribution in [3.8, 4) is 0 Å². The lowest BCUT2D eigenvalue weighted by Crippen LogP contribution is -2.49. The molecule has 6 heteroatoms. The molecule has 3 rings (SSSR count). The van der Waals surface area contributed by atoms with Crippen molar-refractivity contribution in [3.05, 3.63) is 47.9 Å². The fraction of sp³-hybridized carbons (Fsp3) is 0.333. The predicted octanol–water partition coefficient (Wildman–Crippen LogP) is 1.14. The molecule has 2 aromatic rings. The summed E-state index contributed by atoms with van der Waals surface area (Å²) in [6.45, 7) is 4.76. The highest BCUT2D eigenvalue weighted by molar-refractivity contribution is 5.92. The maximum atomic E-state index is 12.4. The molecule has 21 heavy (non-hydrogen) atoms. The van der Waals surface area contributed by atoms with Crippen molar-refractivity contribution >= 4 is 11.7 Å². The van der Waals surface area contributed by atoms with Gasteiger partial charge in [0.1, 0.15) is 5.69 Å². The van der Waals surface area contributed by atoms with E-state index in [0.717, 1.165) is 24.6 Å². The predicted molar refractivity (Wildman–Crippen MR) is 79.1 cm³/mol. The molecule has 0 aliphatic carbocycles. The number of aromatic nitrogens is 3. The minimum atomic E-state index is -0.00232. The van der Waals surface area contributed by atoms with Crippen LogP contribution in [0.5, 0.6) is 0 Å². The average Bonchev–Trinajstić information content (AvgIpc) is 2.55. The molecule has 0 N–H and O–H groups in total. The lowest BCUT2D eigenvalue weighted by molar-refractivity contribution is 0.0740. The summed E-state index contributed by atoms with van der Waals surface area (Å²) >= 11 is 0. The molecule has 108 valence electrons. The van der Waals surface area contributed by atoms with Crippen LogP contribution in [0.1, 0.15) is 16.2 Å². The van der Waals surface area contributed by atoms with E-state index in [1.54, 1.807) is 12.3 Å². The van der Waals surface area contributed by atoms with Crippen LogP contribution in [0.15, 0.2) is 36.5 Å². The Bertz CT molecular complexity index is 623. The van der Waals surface area contributed by atoms with Crippen molar-refractivity contribution in [1.29, 1.82) is 0 Å². The van der Waals surface area contributed by atoms with E-state index in [9.17, 15) is 4.79 Å². The Labute approximate surface area is 123 Å². The standard InChI is InChI=1S/C15H17N5O/c1-12-4-2-5-13(17-12)15(21)20-10-8-19(9-11-20)14-6-3-7-16-18-14/h2-7H,8-11H2,1H3. The normalized spacial score (nSPS) is 15.1. The van der Waals surface area contributed by atoms with E-state index in [1.165, 1.54) is 0 Å². The van der Waals surface area contributed by atoms with Gasteiger partial charge in [-0.15, -0.1) is 5.10 Å². The number of anilines is 1. The second kappa shape index (κ2) is 5.87. The molecule has 0 unspecified atom stereocenters. The van der Waals surface area contributed by atoms with Crippen molar-refractivity contribution < 1.29 is 4.79 Å². The van der Waals surface area contributed by atoms with Crippen LogP contribution >= 0.6 is 0 Å². The van der Waals surface area contributed by atoms with Gasteiger partial charge in [0, 0.05) is 38.1 Å². The van der Waals surface area contributed by atoms with Gasteiger partial charge in [-0.3, -0.25) is 4.79 Å². The highest BCUT2D eigenvalue weighted by Gasteiger charge is 2.23. The number of hydrogen-bond acceptors (Lipinski definition) is 5. The highest BCUT2D eigenvalue weighted by Crippen LogP contribution is 2.13. The summed E-state index contributed by atoms with van der Waals surface area (Å²) < 4.78 is 0. The summed E-state index contributed by atoms with van der Waals surface area (Å²) in [5, 5.41) is 7.99. The fourth-order valence-corrected chi connectivity index (χ4v) is 2.42. The molecular formula is C15H17N5O. The second-order valence-electron chi connectivity index (χ2n) is 5.03. The molecule has 1 aliphatic rings. The summed E-state index contributed by atoms with van der Waals surface area (Å²) in [4.78, 5) is 20.7. The van der Waals surface area contributed by atoms with Gasteiger partial charge in [0.15, 0.2) is 5.82 Å². The molecular weight excluding hydrogens is 266 g/mol. The van der Waals surface area contributed by atoms with Crippen molar-refractivity contribution in [2.45, 2.75) is 6.92 Å². The first-order valence-electron chi connectivity index (χ1n) is 6.99. The number of pyridine rings is 1. The summed E-state index contributed by atoms with van der Waals surface area (Å²) in [5.74, 6) is 0.857. The Morgan fingerprint density at radius 1 is 1.10 bits per heavy atom. The van der Waals surface area contributed by atoms with E-state index in [0.29, 0.717) is 18.8 Å². The molecule has 1 aliphatic heterocycles. The number of carbonyl (C=O) groups is 1. The molecule has 0 radical (unpaired) electrons. The molecule has 1 saturated heterocycles. The third-order valence-electron chi connectivity index (χ3n) is 3.56. The molecule has 1 fully saturated rings. The van der Waals surface area contributed by atoms with Gasteiger partial charge in [-0.25, -0.2) is 4.98 Å². The summed E-state index contributed by atoms with van der Waals surface area (Å²) in [7, 11) is 0. The van der Waals surface area contributed by atoms with E-state index in [4.69, 9.17) is 0 Å². The Morgan fingerprint density at radius 3 is 2.57 bits per heavy atom. The van der Waals surface area contributed by atoms with E-state index >= 15 is 0 Å². The Balaban J connectivity index is 1.64. The van der Waals surface area contributed by atoms with E-state index in [-0.39, 0.29) is 5.91 Å². The zero-order valence-corrected chi connectivity index (χ0v) is 11.9. The Kier molecular flexibility index (Phi) is 3.77. The van der Waals surface area contributed by atoms with E-state index in [1.807, 2.05) is 36.1 Å². The maximum Gasteiger partial charge on any atom is 0.272 e. The first-order chi connectivity index (χ1) is 10.2. The van der Waals surface area contributed by atoms with Gasteiger partial charge >= 0.3 is 0 Å². The smallest absolute Gasteiger partial charge is 0.272 e. The van der Waals surface area contributed by atoms with Crippen LogP contribution in [0.3, 0.4) is 0 Å². The molecule has 2 aromatic heterocycles. The second-order valence-corrected chi connectivity index (χ2v) is 5.03. The number of rotatable bonds is 2. The number of aryl methyl sites for hydroxylation is 1. The minimum absolute atomic E-state index is 0.00232. The van der Waals surface area contributed by atoms with Crippen LogP contribution in [0, 0.1) is 6.92 Å². The van der Waals surface area contributed by atoms with Gasteiger partial charge in [0.05, 0.1) is 0 Å². The van der Waals surface area contributed by atoms with Gasteiger partial charge in [-0.2, -0.15) is 5.10 Å². The van der Waals surface area contributed by atoms with Crippen molar-refractivity contribution in [3.63, 3.8) is 0 Å². The number of piperazine rings is 1. The summed E-state index contributed by atoms with van der Waals surface area (Å²) in [6.07, 6.45) is 1.66. The summed E-state index contributed by atoms with van der Waals surface area (Å²) in [5.41, 5.74) is 1.38. The van der Waals surface area contributed by atoms with Crippen molar-refractivity contribution in [1.82, 2.24) is 20.1 Å². The topological polar surface area (TPSA) is 62.2 Å². The number of hydrogen-bond donors (Lipinski definition) is 0. The average molecular weight is 283 g/mol. The van der Waals surface area contributed by atoms with E-state index < -0.39 is 0 Å². The lowest BCUT2D eigenvalue weighted by atomic mass is 10.2. The Morgan fingerprint density at radius 2 is 1.90 bits per heavy atom. The number of carbonyl (C=O) groups excluding carboxylic acids is 1. The van der Waals surface area contributed by atoms with E-state index in [2.05, 4.69) is 20.1 Å². The number of nitrogens with zero attached hydrogens (tertiary/aromatic N) is 5.